The van der Waals surface area contributed by atoms with Gasteiger partial charge in [-0.15, -0.1) is 0 Å². The van der Waals surface area contributed by atoms with Crippen molar-refractivity contribution in [1.29, 1.82) is 0 Å². The molecule has 3 rings (SSSR count). The number of nitrogens with one attached hydrogen (secondary N) is 2. The van der Waals surface area contributed by atoms with Crippen LogP contribution < -0.4 is 15.8 Å². The van der Waals surface area contributed by atoms with Crippen LogP contribution in [0.3, 0.4) is 0 Å². The van der Waals surface area contributed by atoms with Crippen LogP contribution in [0, 0.1) is 0 Å². The molecule has 10 heteroatoms. The highest BCUT2D eigenvalue weighted by Crippen LogP contribution is 2.31. The fourth-order valence-electron chi connectivity index (χ4n) is 3.20. The Morgan fingerprint density at radius 3 is 2.21 bits per heavy atom. The molecule has 6 nitrogen and oxygen atoms in total. The summed E-state index contributed by atoms with van der Waals surface area (Å²) in [5.41, 5.74) is 0.648. The molecule has 3 aromatic rings. The van der Waals surface area contributed by atoms with E-state index >= 15 is 0 Å². The second kappa shape index (κ2) is 10.2. The van der Waals surface area contributed by atoms with Crippen LogP contribution in [0.5, 0.6) is 0 Å². The van der Waals surface area contributed by atoms with Gasteiger partial charge in [-0.2, -0.15) is 13.2 Å². The van der Waals surface area contributed by atoms with Gasteiger partial charge in [0.2, 0.25) is 15.9 Å². The quantitative estimate of drug-likeness (QED) is 0.459. The summed E-state index contributed by atoms with van der Waals surface area (Å²) in [7, 11) is -3.78. The van der Waals surface area contributed by atoms with E-state index in [1.54, 1.807) is 42.5 Å². The second-order valence-corrected chi connectivity index (χ2v) is 8.87. The summed E-state index contributed by atoms with van der Waals surface area (Å²) < 4.78 is 61.7. The molecular formula is C23H22F3N3O3S. The van der Waals surface area contributed by atoms with Crippen LogP contribution >= 0.6 is 0 Å². The number of sulfonamides is 1. The van der Waals surface area contributed by atoms with Crippen LogP contribution in [0.2, 0.25) is 0 Å². The lowest BCUT2D eigenvalue weighted by molar-refractivity contribution is -0.137. The Bertz CT molecular complexity index is 1200. The normalized spacial score (nSPS) is 12.8. The van der Waals surface area contributed by atoms with Crippen molar-refractivity contribution >= 4 is 21.6 Å². The van der Waals surface area contributed by atoms with Gasteiger partial charge in [0.1, 0.15) is 6.04 Å². The first-order chi connectivity index (χ1) is 15.5. The van der Waals surface area contributed by atoms with Crippen molar-refractivity contribution < 1.29 is 26.4 Å². The summed E-state index contributed by atoms with van der Waals surface area (Å²) >= 11 is 0. The zero-order chi connectivity index (χ0) is 24.1. The van der Waals surface area contributed by atoms with Crippen molar-refractivity contribution in [3.05, 3.63) is 95.6 Å². The van der Waals surface area contributed by atoms with Crippen molar-refractivity contribution in [1.82, 2.24) is 5.32 Å². The Balaban J connectivity index is 1.71. The highest BCUT2D eigenvalue weighted by atomic mass is 32.2. The zero-order valence-electron chi connectivity index (χ0n) is 17.3. The zero-order valence-corrected chi connectivity index (χ0v) is 18.2. The number of amides is 1. The van der Waals surface area contributed by atoms with Crippen LogP contribution in [0.15, 0.2) is 83.8 Å². The molecule has 0 heterocycles. The summed E-state index contributed by atoms with van der Waals surface area (Å²) in [6.45, 7) is 0.351. The van der Waals surface area contributed by atoms with Gasteiger partial charge >= 0.3 is 6.18 Å². The SMILES string of the molecule is NS(=O)(=O)c1ccc(CCNC(C(=O)Nc2cccc(C(F)(F)F)c2)c2ccccc2)cc1. The first kappa shape index (κ1) is 24.4. The van der Waals surface area contributed by atoms with Crippen molar-refractivity contribution in [2.45, 2.75) is 23.5 Å². The largest absolute Gasteiger partial charge is 0.416 e. The van der Waals surface area contributed by atoms with Gasteiger partial charge in [-0.1, -0.05) is 48.5 Å². The molecule has 0 fully saturated rings. The Morgan fingerprint density at radius 2 is 1.61 bits per heavy atom. The van der Waals surface area contributed by atoms with E-state index in [4.69, 9.17) is 5.14 Å². The molecule has 0 spiro atoms. The van der Waals surface area contributed by atoms with Crippen molar-refractivity contribution in [2.75, 3.05) is 11.9 Å². The molecule has 0 aliphatic rings. The Kier molecular flexibility index (Phi) is 7.52. The highest BCUT2D eigenvalue weighted by molar-refractivity contribution is 7.89. The molecule has 3 aromatic carbocycles. The van der Waals surface area contributed by atoms with Gasteiger partial charge in [-0.05, 0) is 47.9 Å². The second-order valence-electron chi connectivity index (χ2n) is 7.30. The van der Waals surface area contributed by atoms with Gasteiger partial charge < -0.3 is 10.6 Å². The van der Waals surface area contributed by atoms with E-state index in [0.717, 1.165) is 17.7 Å². The maximum Gasteiger partial charge on any atom is 0.416 e. The molecule has 1 unspecified atom stereocenters. The molecule has 0 saturated heterocycles. The van der Waals surface area contributed by atoms with Crippen molar-refractivity contribution in [3.8, 4) is 0 Å². The van der Waals surface area contributed by atoms with Gasteiger partial charge in [0.05, 0.1) is 10.5 Å². The first-order valence-electron chi connectivity index (χ1n) is 9.92. The smallest absolute Gasteiger partial charge is 0.324 e. The fourth-order valence-corrected chi connectivity index (χ4v) is 3.72. The predicted molar refractivity (Wildman–Crippen MR) is 119 cm³/mol. The van der Waals surface area contributed by atoms with Gasteiger partial charge in [-0.3, -0.25) is 4.79 Å². The molecule has 0 aromatic heterocycles. The fraction of sp³-hybridized carbons (Fsp3) is 0.174. The van der Waals surface area contributed by atoms with Crippen LogP contribution in [-0.4, -0.2) is 20.9 Å². The number of carbonyl (C=O) groups excluding carboxylic acids is 1. The third kappa shape index (κ3) is 6.88. The number of hydrogen-bond acceptors (Lipinski definition) is 4. The maximum atomic E-state index is 13.0. The number of alkyl halides is 3. The molecule has 0 aliphatic carbocycles. The molecule has 0 bridgehead atoms. The summed E-state index contributed by atoms with van der Waals surface area (Å²) in [6.07, 6.45) is -4.04. The monoisotopic (exact) mass is 477 g/mol. The third-order valence-electron chi connectivity index (χ3n) is 4.87. The first-order valence-corrected chi connectivity index (χ1v) is 11.5. The van der Waals surface area contributed by atoms with Crippen LogP contribution in [0.1, 0.15) is 22.7 Å². The molecule has 33 heavy (non-hydrogen) atoms. The number of carbonyl (C=O) groups is 1. The van der Waals surface area contributed by atoms with E-state index in [2.05, 4.69) is 10.6 Å². The summed E-state index contributed by atoms with van der Waals surface area (Å²) in [4.78, 5) is 12.9. The molecule has 1 atom stereocenters. The minimum atomic E-state index is -4.52. The lowest BCUT2D eigenvalue weighted by atomic mass is 10.0. The van der Waals surface area contributed by atoms with Crippen molar-refractivity contribution in [3.63, 3.8) is 0 Å². The third-order valence-corrected chi connectivity index (χ3v) is 5.80. The minimum Gasteiger partial charge on any atom is -0.324 e. The molecular weight excluding hydrogens is 455 g/mol. The molecule has 0 saturated carbocycles. The average Bonchev–Trinajstić information content (AvgIpc) is 2.76. The van der Waals surface area contributed by atoms with Gasteiger partial charge in [0.25, 0.3) is 0 Å². The topological polar surface area (TPSA) is 101 Å². The molecule has 1 amide bonds. The van der Waals surface area contributed by atoms with Gasteiger partial charge in [0.15, 0.2) is 0 Å². The van der Waals surface area contributed by atoms with E-state index in [0.29, 0.717) is 18.5 Å². The molecule has 4 N–H and O–H groups in total. The summed E-state index contributed by atoms with van der Waals surface area (Å²) in [5.74, 6) is -0.509. The number of rotatable bonds is 8. The number of primary sulfonamides is 1. The minimum absolute atomic E-state index is 0.00170. The van der Waals surface area contributed by atoms with E-state index < -0.39 is 33.7 Å². The maximum absolute atomic E-state index is 13.0. The lowest BCUT2D eigenvalue weighted by Crippen LogP contribution is -2.34. The number of hydrogen-bond donors (Lipinski definition) is 3. The Labute approximate surface area is 189 Å². The standard InChI is InChI=1S/C23H22F3N3O3S/c24-23(25,26)18-7-4-8-19(15-18)29-22(30)21(17-5-2-1-3-6-17)28-14-13-16-9-11-20(12-10-16)33(27,31)32/h1-12,15,21,28H,13-14H2,(H,29,30)(H2,27,31,32). The Morgan fingerprint density at radius 1 is 0.939 bits per heavy atom. The van der Waals surface area contributed by atoms with Gasteiger partial charge in [0, 0.05) is 12.2 Å². The van der Waals surface area contributed by atoms with Crippen molar-refractivity contribution in [2.24, 2.45) is 5.14 Å². The van der Waals surface area contributed by atoms with E-state index in [1.165, 1.54) is 24.3 Å². The Hall–Kier alpha value is -3.21. The number of nitrogens with two attached hydrogens (primary N) is 1. The van der Waals surface area contributed by atoms with Crippen LogP contribution in [-0.2, 0) is 27.4 Å². The predicted octanol–water partition coefficient (Wildman–Crippen LogP) is 3.86. The molecule has 0 aliphatic heterocycles. The molecule has 174 valence electrons. The van der Waals surface area contributed by atoms with E-state index in [1.807, 2.05) is 0 Å². The lowest BCUT2D eigenvalue weighted by Gasteiger charge is -2.19. The molecule has 0 radical (unpaired) electrons. The average molecular weight is 478 g/mol. The van der Waals surface area contributed by atoms with E-state index in [-0.39, 0.29) is 10.6 Å². The van der Waals surface area contributed by atoms with Crippen LogP contribution in [0.4, 0.5) is 18.9 Å². The van der Waals surface area contributed by atoms with E-state index in [9.17, 15) is 26.4 Å². The van der Waals surface area contributed by atoms with Gasteiger partial charge in [-0.25, -0.2) is 13.6 Å². The highest BCUT2D eigenvalue weighted by Gasteiger charge is 2.30. The summed E-state index contributed by atoms with van der Waals surface area (Å²) in [5, 5.41) is 10.8. The number of benzene rings is 3. The number of halogens is 3. The summed E-state index contributed by atoms with van der Waals surface area (Å²) in [6, 6.07) is 18.5. The number of anilines is 1. The van der Waals surface area contributed by atoms with Crippen LogP contribution in [0.25, 0.3) is 0 Å².